The van der Waals surface area contributed by atoms with Gasteiger partial charge in [0.25, 0.3) is 5.91 Å². The van der Waals surface area contributed by atoms with Gasteiger partial charge >= 0.3 is 0 Å². The van der Waals surface area contributed by atoms with E-state index in [1.165, 1.54) is 6.42 Å². The number of likely N-dealkylation sites (N-methyl/N-ethyl adjacent to an activating group) is 1. The average molecular weight is 249 g/mol. The van der Waals surface area contributed by atoms with Gasteiger partial charge in [0.2, 0.25) is 0 Å². The van der Waals surface area contributed by atoms with Gasteiger partial charge < -0.3 is 14.3 Å². The van der Waals surface area contributed by atoms with Crippen molar-refractivity contribution in [2.75, 3.05) is 26.7 Å². The highest BCUT2D eigenvalue weighted by atomic mass is 16.5. The Kier molecular flexibility index (Phi) is 2.86. The normalized spacial score (nSPS) is 28.4. The van der Waals surface area contributed by atoms with Crippen molar-refractivity contribution in [3.8, 4) is 0 Å². The van der Waals surface area contributed by atoms with Crippen LogP contribution in [0.5, 0.6) is 0 Å². The summed E-state index contributed by atoms with van der Waals surface area (Å²) in [6.45, 7) is 4.74. The van der Waals surface area contributed by atoms with E-state index in [0.717, 1.165) is 26.1 Å². The number of rotatable bonds is 1. The summed E-state index contributed by atoms with van der Waals surface area (Å²) < 4.78 is 5.00. The average Bonchev–Trinajstić information content (AvgIpc) is 2.60. The fourth-order valence-corrected chi connectivity index (χ4v) is 3.18. The minimum Gasteiger partial charge on any atom is -0.361 e. The third-order valence-corrected chi connectivity index (χ3v) is 4.00. The van der Waals surface area contributed by atoms with Crippen LogP contribution in [0.25, 0.3) is 0 Å². The molecule has 0 aromatic carbocycles. The Morgan fingerprint density at radius 3 is 2.94 bits per heavy atom. The number of amides is 1. The summed E-state index contributed by atoms with van der Waals surface area (Å²) in [7, 11) is 2.14. The van der Waals surface area contributed by atoms with Crippen LogP contribution in [0, 0.1) is 12.8 Å². The predicted octanol–water partition coefficient (Wildman–Crippen LogP) is 1.15. The molecule has 1 amide bonds. The molecule has 1 aromatic heterocycles. The molecule has 18 heavy (non-hydrogen) atoms. The van der Waals surface area contributed by atoms with Crippen LogP contribution in [0.15, 0.2) is 10.6 Å². The van der Waals surface area contributed by atoms with Gasteiger partial charge in [0.1, 0.15) is 5.76 Å². The summed E-state index contributed by atoms with van der Waals surface area (Å²) in [5.74, 6) is 1.32. The van der Waals surface area contributed by atoms with Crippen molar-refractivity contribution in [1.29, 1.82) is 0 Å². The van der Waals surface area contributed by atoms with Gasteiger partial charge in [-0.1, -0.05) is 5.16 Å². The molecule has 0 aliphatic carbocycles. The van der Waals surface area contributed by atoms with Crippen LogP contribution in [0.4, 0.5) is 0 Å². The molecule has 3 aliphatic rings. The van der Waals surface area contributed by atoms with Gasteiger partial charge in [-0.2, -0.15) is 0 Å². The second-order valence-electron chi connectivity index (χ2n) is 5.60. The Hall–Kier alpha value is -1.36. The zero-order valence-electron chi connectivity index (χ0n) is 10.9. The summed E-state index contributed by atoms with van der Waals surface area (Å²) in [6.07, 6.45) is 2.34. The van der Waals surface area contributed by atoms with Crippen molar-refractivity contribution in [1.82, 2.24) is 15.0 Å². The summed E-state index contributed by atoms with van der Waals surface area (Å²) in [5, 5.41) is 3.84. The Bertz CT molecular complexity index is 457. The van der Waals surface area contributed by atoms with Gasteiger partial charge in [0, 0.05) is 31.7 Å². The maximum absolute atomic E-state index is 12.4. The Labute approximate surface area is 107 Å². The number of carbonyl (C=O) groups is 1. The molecule has 0 unspecified atom stereocenters. The molecule has 3 saturated heterocycles. The molecule has 5 heteroatoms. The predicted molar refractivity (Wildman–Crippen MR) is 66.3 cm³/mol. The lowest BCUT2D eigenvalue weighted by atomic mass is 9.95. The molecular formula is C13H19N3O2. The van der Waals surface area contributed by atoms with Crippen molar-refractivity contribution in [3.63, 3.8) is 0 Å². The van der Waals surface area contributed by atoms with E-state index in [4.69, 9.17) is 4.52 Å². The van der Waals surface area contributed by atoms with Crippen molar-refractivity contribution < 1.29 is 9.32 Å². The molecule has 0 N–H and O–H groups in total. The molecule has 1 aromatic rings. The third kappa shape index (κ3) is 2.03. The van der Waals surface area contributed by atoms with E-state index in [0.29, 0.717) is 23.4 Å². The summed E-state index contributed by atoms with van der Waals surface area (Å²) in [6, 6.07) is 2.06. The van der Waals surface area contributed by atoms with Crippen molar-refractivity contribution >= 4 is 5.91 Å². The maximum Gasteiger partial charge on any atom is 0.276 e. The summed E-state index contributed by atoms with van der Waals surface area (Å²) >= 11 is 0. The molecule has 3 aliphatic heterocycles. The van der Waals surface area contributed by atoms with E-state index in [1.807, 2.05) is 11.8 Å². The minimum absolute atomic E-state index is 0.0249. The molecule has 4 heterocycles. The molecule has 5 nitrogen and oxygen atoms in total. The van der Waals surface area contributed by atoms with Crippen molar-refractivity contribution in [3.05, 3.63) is 17.5 Å². The highest BCUT2D eigenvalue weighted by molar-refractivity contribution is 5.92. The molecule has 98 valence electrons. The van der Waals surface area contributed by atoms with E-state index in [1.54, 1.807) is 6.07 Å². The van der Waals surface area contributed by atoms with Crippen LogP contribution in [-0.2, 0) is 0 Å². The zero-order valence-corrected chi connectivity index (χ0v) is 10.9. The quantitative estimate of drug-likeness (QED) is 0.749. The van der Waals surface area contributed by atoms with Crippen LogP contribution in [0.2, 0.25) is 0 Å². The minimum atomic E-state index is 0.0249. The number of hydrogen-bond donors (Lipinski definition) is 0. The van der Waals surface area contributed by atoms with E-state index < -0.39 is 0 Å². The van der Waals surface area contributed by atoms with Gasteiger partial charge in [-0.3, -0.25) is 4.79 Å². The second-order valence-corrected chi connectivity index (χ2v) is 5.60. The van der Waals surface area contributed by atoms with E-state index >= 15 is 0 Å². The molecule has 0 spiro atoms. The van der Waals surface area contributed by atoms with Crippen LogP contribution >= 0.6 is 0 Å². The SMILES string of the molecule is Cc1cc(C(=O)N2C[C@H]3CC[C@@H]2CN(C)C3)no1. The maximum atomic E-state index is 12.4. The van der Waals surface area contributed by atoms with Crippen LogP contribution < -0.4 is 0 Å². The number of piperidine rings is 1. The van der Waals surface area contributed by atoms with Gasteiger partial charge in [-0.15, -0.1) is 0 Å². The van der Waals surface area contributed by atoms with Gasteiger partial charge in [0.05, 0.1) is 0 Å². The fourth-order valence-electron chi connectivity index (χ4n) is 3.18. The van der Waals surface area contributed by atoms with Gasteiger partial charge in [0.15, 0.2) is 5.69 Å². The van der Waals surface area contributed by atoms with Crippen LogP contribution in [-0.4, -0.2) is 53.6 Å². The first-order chi connectivity index (χ1) is 8.63. The molecule has 0 saturated carbocycles. The monoisotopic (exact) mass is 249 g/mol. The van der Waals surface area contributed by atoms with E-state index in [-0.39, 0.29) is 5.91 Å². The second kappa shape index (κ2) is 4.39. The standard InChI is InChI=1S/C13H19N3O2/c1-9-5-12(14-18-9)13(17)16-7-10-3-4-11(16)8-15(2)6-10/h5,10-11H,3-4,6-8H2,1-2H3/t10-,11+/m0/s1. The van der Waals surface area contributed by atoms with E-state index in [9.17, 15) is 4.79 Å². The lowest BCUT2D eigenvalue weighted by Crippen LogP contribution is -2.47. The number of hydrogen-bond acceptors (Lipinski definition) is 4. The summed E-state index contributed by atoms with van der Waals surface area (Å²) in [5.41, 5.74) is 0.447. The van der Waals surface area contributed by atoms with Gasteiger partial charge in [-0.25, -0.2) is 0 Å². The largest absolute Gasteiger partial charge is 0.361 e. The Balaban J connectivity index is 1.82. The fraction of sp³-hybridized carbons (Fsp3) is 0.692. The first-order valence-electron chi connectivity index (χ1n) is 6.56. The number of aryl methyl sites for hydroxylation is 1. The zero-order chi connectivity index (χ0) is 12.7. The molecule has 2 atom stereocenters. The topological polar surface area (TPSA) is 49.6 Å². The highest BCUT2D eigenvalue weighted by Crippen LogP contribution is 2.28. The smallest absolute Gasteiger partial charge is 0.276 e. The first kappa shape index (κ1) is 11.7. The molecule has 4 rings (SSSR count). The van der Waals surface area contributed by atoms with Crippen LogP contribution in [0.3, 0.4) is 0 Å². The number of carbonyl (C=O) groups excluding carboxylic acids is 1. The lowest BCUT2D eigenvalue weighted by Gasteiger charge is -2.35. The number of fused-ring (bicyclic) bond motifs is 4. The van der Waals surface area contributed by atoms with E-state index in [2.05, 4.69) is 17.1 Å². The third-order valence-electron chi connectivity index (χ3n) is 4.00. The van der Waals surface area contributed by atoms with Crippen molar-refractivity contribution in [2.24, 2.45) is 5.92 Å². The first-order valence-corrected chi connectivity index (χ1v) is 6.56. The molecule has 2 bridgehead atoms. The number of aromatic nitrogens is 1. The summed E-state index contributed by atoms with van der Waals surface area (Å²) in [4.78, 5) is 16.8. The molecule has 3 fully saturated rings. The van der Waals surface area contributed by atoms with Crippen LogP contribution in [0.1, 0.15) is 29.1 Å². The lowest BCUT2D eigenvalue weighted by molar-refractivity contribution is 0.0576. The number of nitrogens with zero attached hydrogens (tertiary/aromatic N) is 3. The molecule has 0 radical (unpaired) electrons. The Morgan fingerprint density at radius 2 is 2.22 bits per heavy atom. The van der Waals surface area contributed by atoms with Crippen molar-refractivity contribution in [2.45, 2.75) is 25.8 Å². The molecular weight excluding hydrogens is 230 g/mol. The highest BCUT2D eigenvalue weighted by Gasteiger charge is 2.37. The Morgan fingerprint density at radius 1 is 1.39 bits per heavy atom. The van der Waals surface area contributed by atoms with Gasteiger partial charge in [-0.05, 0) is 32.7 Å².